The van der Waals surface area contributed by atoms with Crippen molar-refractivity contribution in [1.29, 1.82) is 0 Å². The van der Waals surface area contributed by atoms with E-state index in [2.05, 4.69) is 0 Å². The van der Waals surface area contributed by atoms with Crippen LogP contribution in [0.15, 0.2) is 24.3 Å². The number of amides is 3. The average Bonchev–Trinajstić information content (AvgIpc) is 2.84. The van der Waals surface area contributed by atoms with Crippen LogP contribution < -0.4 is 0 Å². The van der Waals surface area contributed by atoms with Gasteiger partial charge in [-0.15, -0.1) is 0 Å². The molecular formula is C17H22N2O5. The third-order valence-corrected chi connectivity index (χ3v) is 3.91. The molecule has 1 aliphatic rings. The topological polar surface area (TPSA) is 76.2 Å². The fraction of sp³-hybridized carbons (Fsp3) is 0.471. The van der Waals surface area contributed by atoms with Crippen molar-refractivity contribution in [3.05, 3.63) is 35.4 Å². The molecule has 0 fully saturated rings. The van der Waals surface area contributed by atoms with Crippen molar-refractivity contribution in [1.82, 2.24) is 9.80 Å². The highest BCUT2D eigenvalue weighted by Crippen LogP contribution is 2.22. The van der Waals surface area contributed by atoms with Gasteiger partial charge in [0, 0.05) is 40.3 Å². The summed E-state index contributed by atoms with van der Waals surface area (Å²) < 4.78 is 10.0. The first-order valence-electron chi connectivity index (χ1n) is 7.81. The van der Waals surface area contributed by atoms with Crippen LogP contribution in [-0.2, 0) is 14.3 Å². The average molecular weight is 334 g/mol. The molecule has 0 aromatic heterocycles. The van der Waals surface area contributed by atoms with Gasteiger partial charge in [0.15, 0.2) is 0 Å². The summed E-state index contributed by atoms with van der Waals surface area (Å²) in [4.78, 5) is 39.7. The lowest BCUT2D eigenvalue weighted by molar-refractivity contribution is -0.132. The smallest absolute Gasteiger partial charge is 0.261 e. The van der Waals surface area contributed by atoms with Gasteiger partial charge in [-0.3, -0.25) is 19.3 Å². The lowest BCUT2D eigenvalue weighted by atomic mass is 10.1. The van der Waals surface area contributed by atoms with E-state index in [0.717, 1.165) is 4.90 Å². The Bertz CT molecular complexity index is 574. The minimum atomic E-state index is -0.344. The molecule has 0 aliphatic carbocycles. The molecule has 0 atom stereocenters. The Morgan fingerprint density at radius 3 is 1.96 bits per heavy atom. The molecule has 1 aliphatic heterocycles. The molecule has 130 valence electrons. The lowest BCUT2D eigenvalue weighted by Gasteiger charge is -2.23. The van der Waals surface area contributed by atoms with Crippen molar-refractivity contribution in [3.63, 3.8) is 0 Å². The molecule has 24 heavy (non-hydrogen) atoms. The fourth-order valence-electron chi connectivity index (χ4n) is 2.57. The van der Waals surface area contributed by atoms with E-state index in [9.17, 15) is 14.4 Å². The molecule has 1 aromatic rings. The molecule has 0 N–H and O–H groups in total. The van der Waals surface area contributed by atoms with Crippen molar-refractivity contribution in [2.75, 3.05) is 47.1 Å². The van der Waals surface area contributed by atoms with Crippen molar-refractivity contribution in [2.24, 2.45) is 0 Å². The number of carbonyl (C=O) groups is 3. The second kappa shape index (κ2) is 8.56. The number of hydrogen-bond acceptors (Lipinski definition) is 5. The van der Waals surface area contributed by atoms with Crippen LogP contribution in [0, 0.1) is 0 Å². The molecule has 7 heteroatoms. The van der Waals surface area contributed by atoms with Crippen molar-refractivity contribution < 1.29 is 23.9 Å². The lowest BCUT2D eigenvalue weighted by Crippen LogP contribution is -2.39. The van der Waals surface area contributed by atoms with E-state index in [1.54, 1.807) is 43.4 Å². The summed E-state index contributed by atoms with van der Waals surface area (Å²) in [5.74, 6) is -0.826. The predicted molar refractivity (Wildman–Crippen MR) is 86.8 cm³/mol. The van der Waals surface area contributed by atoms with E-state index in [1.807, 2.05) is 0 Å². The molecule has 0 spiro atoms. The van der Waals surface area contributed by atoms with E-state index in [0.29, 0.717) is 37.4 Å². The number of benzene rings is 1. The maximum Gasteiger partial charge on any atom is 0.261 e. The summed E-state index contributed by atoms with van der Waals surface area (Å²) in [7, 11) is 3.13. The summed E-state index contributed by atoms with van der Waals surface area (Å²) in [6.45, 7) is 1.80. The second-order valence-corrected chi connectivity index (χ2v) is 5.42. The van der Waals surface area contributed by atoms with Crippen LogP contribution in [0.5, 0.6) is 0 Å². The number of rotatable bonds is 9. The fourth-order valence-corrected chi connectivity index (χ4v) is 2.57. The van der Waals surface area contributed by atoms with Gasteiger partial charge in [-0.1, -0.05) is 12.1 Å². The highest BCUT2D eigenvalue weighted by Gasteiger charge is 2.35. The molecule has 0 saturated heterocycles. The molecule has 0 bridgehead atoms. The number of ether oxygens (including phenoxy) is 2. The van der Waals surface area contributed by atoms with E-state index in [-0.39, 0.29) is 30.7 Å². The van der Waals surface area contributed by atoms with Gasteiger partial charge < -0.3 is 14.4 Å². The third kappa shape index (κ3) is 3.98. The SMILES string of the molecule is COCCN(CCOC)C(=O)CCN1C(=O)c2ccccc2C1=O. The number of methoxy groups -OCH3 is 2. The zero-order valence-corrected chi connectivity index (χ0v) is 14.0. The van der Waals surface area contributed by atoms with Crippen LogP contribution in [0.3, 0.4) is 0 Å². The van der Waals surface area contributed by atoms with Gasteiger partial charge >= 0.3 is 0 Å². The zero-order valence-electron chi connectivity index (χ0n) is 14.0. The Morgan fingerprint density at radius 2 is 1.50 bits per heavy atom. The minimum absolute atomic E-state index is 0.0711. The summed E-state index contributed by atoms with van der Waals surface area (Å²) in [5, 5.41) is 0. The molecule has 0 radical (unpaired) electrons. The molecule has 0 unspecified atom stereocenters. The first-order valence-corrected chi connectivity index (χ1v) is 7.81. The van der Waals surface area contributed by atoms with Crippen LogP contribution in [0.1, 0.15) is 27.1 Å². The van der Waals surface area contributed by atoms with Gasteiger partial charge in [-0.2, -0.15) is 0 Å². The van der Waals surface area contributed by atoms with Crippen LogP contribution in [0.2, 0.25) is 0 Å². The molecule has 2 rings (SSSR count). The molecule has 3 amide bonds. The maximum atomic E-state index is 12.4. The molecule has 1 aromatic carbocycles. The van der Waals surface area contributed by atoms with Gasteiger partial charge in [-0.25, -0.2) is 0 Å². The van der Waals surface area contributed by atoms with Crippen molar-refractivity contribution >= 4 is 17.7 Å². The standard InChI is InChI=1S/C17H22N2O5/c1-23-11-9-18(10-12-24-2)15(20)7-8-19-16(21)13-5-3-4-6-14(13)17(19)22/h3-6H,7-12H2,1-2H3. The maximum absolute atomic E-state index is 12.4. The van der Waals surface area contributed by atoms with Gasteiger partial charge in [0.25, 0.3) is 11.8 Å². The Balaban J connectivity index is 1.95. The first-order chi connectivity index (χ1) is 11.6. The summed E-state index contributed by atoms with van der Waals surface area (Å²) >= 11 is 0. The van der Waals surface area contributed by atoms with Gasteiger partial charge in [-0.05, 0) is 12.1 Å². The highest BCUT2D eigenvalue weighted by atomic mass is 16.5. The largest absolute Gasteiger partial charge is 0.383 e. The Labute approximate surface area is 141 Å². The van der Waals surface area contributed by atoms with E-state index in [1.165, 1.54) is 0 Å². The van der Waals surface area contributed by atoms with Gasteiger partial charge in [0.2, 0.25) is 5.91 Å². The van der Waals surface area contributed by atoms with Crippen LogP contribution >= 0.6 is 0 Å². The quantitative estimate of drug-likeness (QED) is 0.624. The Hall–Kier alpha value is -2.25. The molecule has 7 nitrogen and oxygen atoms in total. The van der Waals surface area contributed by atoms with E-state index < -0.39 is 0 Å². The Kier molecular flexibility index (Phi) is 6.45. The predicted octanol–water partition coefficient (Wildman–Crippen LogP) is 0.794. The number of carbonyl (C=O) groups excluding carboxylic acids is 3. The molecule has 0 saturated carbocycles. The molecule has 1 heterocycles. The number of fused-ring (bicyclic) bond motifs is 1. The van der Waals surface area contributed by atoms with E-state index >= 15 is 0 Å². The van der Waals surface area contributed by atoms with Crippen LogP contribution in [-0.4, -0.2) is 74.6 Å². The monoisotopic (exact) mass is 334 g/mol. The van der Waals surface area contributed by atoms with Crippen LogP contribution in [0.4, 0.5) is 0 Å². The summed E-state index contributed by atoms with van der Waals surface area (Å²) in [5.41, 5.74) is 0.788. The number of nitrogens with zero attached hydrogens (tertiary/aromatic N) is 2. The van der Waals surface area contributed by atoms with Gasteiger partial charge in [0.1, 0.15) is 0 Å². The third-order valence-electron chi connectivity index (χ3n) is 3.91. The number of imide groups is 1. The van der Waals surface area contributed by atoms with Gasteiger partial charge in [0.05, 0.1) is 24.3 Å². The van der Waals surface area contributed by atoms with Crippen molar-refractivity contribution in [3.8, 4) is 0 Å². The Morgan fingerprint density at radius 1 is 1.00 bits per heavy atom. The summed E-state index contributed by atoms with van der Waals surface area (Å²) in [6, 6.07) is 6.69. The minimum Gasteiger partial charge on any atom is -0.383 e. The van der Waals surface area contributed by atoms with Crippen LogP contribution in [0.25, 0.3) is 0 Å². The normalized spacial score (nSPS) is 13.3. The van der Waals surface area contributed by atoms with E-state index in [4.69, 9.17) is 9.47 Å². The number of hydrogen-bond donors (Lipinski definition) is 0. The second-order valence-electron chi connectivity index (χ2n) is 5.42. The first kappa shape index (κ1) is 18.1. The molecular weight excluding hydrogens is 312 g/mol. The van der Waals surface area contributed by atoms with Crippen molar-refractivity contribution in [2.45, 2.75) is 6.42 Å². The summed E-state index contributed by atoms with van der Waals surface area (Å²) in [6.07, 6.45) is 0.0822. The zero-order chi connectivity index (χ0) is 17.5. The highest BCUT2D eigenvalue weighted by molar-refractivity contribution is 6.21.